The summed E-state index contributed by atoms with van der Waals surface area (Å²) in [5.74, 6) is -0.254. The van der Waals surface area contributed by atoms with Gasteiger partial charge in [-0.1, -0.05) is 49.4 Å². The fourth-order valence-corrected chi connectivity index (χ4v) is 6.79. The third-order valence-electron chi connectivity index (χ3n) is 7.55. The van der Waals surface area contributed by atoms with Crippen LogP contribution in [-0.4, -0.2) is 34.1 Å². The molecule has 0 amide bonds. The Labute approximate surface area is 285 Å². The van der Waals surface area contributed by atoms with E-state index in [1.54, 1.807) is 32.1 Å². The standard InChI is InChI=1S/C33H29BrN4O9S/c1-6-46-32(40)28-18(4)35-33-36(29(28)21-9-7-20(8-10-21)17(2)3)31(39)27(48-33)15-19-13-23(34)30(26(14-19)45-5)47-25-12-11-22(37(41)42)16-24(25)38(43)44/h7-17,29H,6H2,1-5H3/b27-15-/t29-/m1/s1. The van der Waals surface area contributed by atoms with Crippen LogP contribution < -0.4 is 24.4 Å². The van der Waals surface area contributed by atoms with Crippen molar-refractivity contribution in [3.05, 3.63) is 127 Å². The van der Waals surface area contributed by atoms with E-state index >= 15 is 0 Å². The van der Waals surface area contributed by atoms with Crippen LogP contribution in [0.15, 0.2) is 80.1 Å². The van der Waals surface area contributed by atoms with Crippen LogP contribution >= 0.6 is 27.3 Å². The van der Waals surface area contributed by atoms with E-state index in [2.05, 4.69) is 34.8 Å². The summed E-state index contributed by atoms with van der Waals surface area (Å²) in [6.07, 6.45) is 1.64. The SMILES string of the molecule is CCOC(=O)C1=C(C)N=c2s/c(=C\c3cc(Br)c(Oc4ccc([N+](=O)[O-])cc4[N+](=O)[O-])c(OC)c3)c(=O)n2[C@@H]1c1ccc(C(C)C)cc1. The summed E-state index contributed by atoms with van der Waals surface area (Å²) in [5.41, 5.74) is 1.65. The van der Waals surface area contributed by atoms with Gasteiger partial charge in [-0.15, -0.1) is 0 Å². The highest BCUT2D eigenvalue weighted by atomic mass is 79.9. The molecule has 0 saturated heterocycles. The monoisotopic (exact) mass is 736 g/mol. The molecule has 1 aromatic heterocycles. The van der Waals surface area contributed by atoms with Crippen molar-refractivity contribution in [2.24, 2.45) is 4.99 Å². The normalized spacial score (nSPS) is 14.4. The van der Waals surface area contributed by atoms with Crippen molar-refractivity contribution >= 4 is 50.7 Å². The quantitative estimate of drug-likeness (QED) is 0.103. The molecule has 0 fully saturated rings. The van der Waals surface area contributed by atoms with Gasteiger partial charge in [-0.05, 0) is 76.7 Å². The summed E-state index contributed by atoms with van der Waals surface area (Å²) in [6.45, 7) is 7.75. The van der Waals surface area contributed by atoms with Gasteiger partial charge in [-0.25, -0.2) is 9.79 Å². The molecule has 0 radical (unpaired) electrons. The zero-order valence-electron chi connectivity index (χ0n) is 26.4. The van der Waals surface area contributed by atoms with Gasteiger partial charge in [0.1, 0.15) is 0 Å². The van der Waals surface area contributed by atoms with Crippen LogP contribution in [0.4, 0.5) is 11.4 Å². The van der Waals surface area contributed by atoms with E-state index in [4.69, 9.17) is 14.2 Å². The molecule has 3 aromatic carbocycles. The molecule has 0 bridgehead atoms. The third kappa shape index (κ3) is 6.64. The molecule has 0 N–H and O–H groups in total. The Morgan fingerprint density at radius 3 is 2.40 bits per heavy atom. The average Bonchev–Trinajstić information content (AvgIpc) is 3.34. The number of aromatic nitrogens is 1. The molecule has 4 aromatic rings. The molecule has 48 heavy (non-hydrogen) atoms. The van der Waals surface area contributed by atoms with E-state index in [0.717, 1.165) is 40.7 Å². The van der Waals surface area contributed by atoms with Crippen molar-refractivity contribution in [3.8, 4) is 17.2 Å². The van der Waals surface area contributed by atoms with Crippen LogP contribution in [-0.2, 0) is 9.53 Å². The van der Waals surface area contributed by atoms with Crippen molar-refractivity contribution in [3.63, 3.8) is 0 Å². The molecular weight excluding hydrogens is 708 g/mol. The number of nitrogens with zero attached hydrogens (tertiary/aromatic N) is 4. The van der Waals surface area contributed by atoms with E-state index in [9.17, 15) is 29.8 Å². The van der Waals surface area contributed by atoms with Crippen LogP contribution in [0, 0.1) is 20.2 Å². The van der Waals surface area contributed by atoms with E-state index < -0.39 is 33.2 Å². The second kappa shape index (κ2) is 13.9. The van der Waals surface area contributed by atoms with Crippen molar-refractivity contribution in [2.75, 3.05) is 13.7 Å². The zero-order valence-corrected chi connectivity index (χ0v) is 28.8. The maximum atomic E-state index is 14.1. The summed E-state index contributed by atoms with van der Waals surface area (Å²) in [5, 5.41) is 22.8. The zero-order chi connectivity index (χ0) is 34.9. The van der Waals surface area contributed by atoms with Crippen molar-refractivity contribution < 1.29 is 28.9 Å². The number of halogens is 1. The lowest BCUT2D eigenvalue weighted by Gasteiger charge is -2.25. The molecule has 1 atom stereocenters. The number of ether oxygens (including phenoxy) is 3. The summed E-state index contributed by atoms with van der Waals surface area (Å²) >= 11 is 4.58. The molecule has 1 aliphatic rings. The molecule has 15 heteroatoms. The van der Waals surface area contributed by atoms with E-state index in [1.165, 1.54) is 11.7 Å². The molecule has 2 heterocycles. The number of methoxy groups -OCH3 is 1. The summed E-state index contributed by atoms with van der Waals surface area (Å²) in [7, 11) is 1.38. The highest BCUT2D eigenvalue weighted by molar-refractivity contribution is 9.10. The molecule has 0 spiro atoms. The first-order valence-corrected chi connectivity index (χ1v) is 16.2. The molecular formula is C33H29BrN4O9S. The van der Waals surface area contributed by atoms with Gasteiger partial charge in [-0.2, -0.15) is 0 Å². The number of benzene rings is 3. The molecule has 0 aliphatic carbocycles. The van der Waals surface area contributed by atoms with Crippen LogP contribution in [0.5, 0.6) is 17.2 Å². The number of carbonyl (C=O) groups excluding carboxylic acids is 1. The Morgan fingerprint density at radius 2 is 1.79 bits per heavy atom. The van der Waals surface area contributed by atoms with Crippen LogP contribution in [0.3, 0.4) is 0 Å². The maximum absolute atomic E-state index is 14.1. The van der Waals surface area contributed by atoms with Crippen molar-refractivity contribution in [2.45, 2.75) is 39.7 Å². The van der Waals surface area contributed by atoms with Crippen LogP contribution in [0.25, 0.3) is 6.08 Å². The van der Waals surface area contributed by atoms with Gasteiger partial charge in [-0.3, -0.25) is 29.6 Å². The van der Waals surface area contributed by atoms with Gasteiger partial charge in [0.15, 0.2) is 16.3 Å². The molecule has 248 valence electrons. The van der Waals surface area contributed by atoms with Gasteiger partial charge < -0.3 is 14.2 Å². The Morgan fingerprint density at radius 1 is 1.08 bits per heavy atom. The number of rotatable bonds is 10. The minimum absolute atomic E-state index is 0.0765. The number of carbonyl (C=O) groups is 1. The van der Waals surface area contributed by atoms with Gasteiger partial charge in [0.25, 0.3) is 11.2 Å². The Kier molecular flexibility index (Phi) is 9.91. The van der Waals surface area contributed by atoms with Crippen LogP contribution in [0.2, 0.25) is 0 Å². The number of hydrogen-bond acceptors (Lipinski definition) is 11. The minimum atomic E-state index is -0.780. The lowest BCUT2D eigenvalue weighted by atomic mass is 9.93. The number of non-ortho nitro benzene ring substituents is 1. The first-order chi connectivity index (χ1) is 22.8. The topological polar surface area (TPSA) is 165 Å². The fourth-order valence-electron chi connectivity index (χ4n) is 5.20. The van der Waals surface area contributed by atoms with Gasteiger partial charge in [0.05, 0.1) is 55.9 Å². The smallest absolute Gasteiger partial charge is 0.338 e. The van der Waals surface area contributed by atoms with Crippen molar-refractivity contribution in [1.82, 2.24) is 4.57 Å². The Hall–Kier alpha value is -5.15. The van der Waals surface area contributed by atoms with Crippen LogP contribution in [0.1, 0.15) is 56.3 Å². The number of hydrogen-bond donors (Lipinski definition) is 0. The largest absolute Gasteiger partial charge is 0.493 e. The number of thiazole rings is 1. The number of nitro benzene ring substituents is 2. The summed E-state index contributed by atoms with van der Waals surface area (Å²) in [6, 6.07) is 13.3. The van der Waals surface area contributed by atoms with Gasteiger partial charge >= 0.3 is 11.7 Å². The first kappa shape index (κ1) is 34.2. The van der Waals surface area contributed by atoms with Gasteiger partial charge in [0, 0.05) is 6.07 Å². The highest BCUT2D eigenvalue weighted by Crippen LogP contribution is 2.43. The fraction of sp³-hybridized carbons (Fsp3) is 0.242. The lowest BCUT2D eigenvalue weighted by Crippen LogP contribution is -2.39. The van der Waals surface area contributed by atoms with Gasteiger partial charge in [0.2, 0.25) is 5.75 Å². The number of esters is 1. The second-order valence-electron chi connectivity index (χ2n) is 10.9. The second-order valence-corrected chi connectivity index (χ2v) is 12.8. The highest BCUT2D eigenvalue weighted by Gasteiger charge is 2.33. The van der Waals surface area contributed by atoms with Crippen molar-refractivity contribution in [1.29, 1.82) is 0 Å². The molecule has 0 unspecified atom stereocenters. The predicted molar refractivity (Wildman–Crippen MR) is 181 cm³/mol. The molecule has 5 rings (SSSR count). The number of allylic oxidation sites excluding steroid dienone is 1. The summed E-state index contributed by atoms with van der Waals surface area (Å²) < 4.78 is 18.9. The minimum Gasteiger partial charge on any atom is -0.493 e. The molecule has 1 aliphatic heterocycles. The third-order valence-corrected chi connectivity index (χ3v) is 9.12. The maximum Gasteiger partial charge on any atom is 0.338 e. The number of nitro groups is 2. The summed E-state index contributed by atoms with van der Waals surface area (Å²) in [4.78, 5) is 53.6. The van der Waals surface area contributed by atoms with E-state index in [1.807, 2.05) is 24.3 Å². The Bertz CT molecular complexity index is 2170. The average molecular weight is 738 g/mol. The van der Waals surface area contributed by atoms with E-state index in [-0.39, 0.29) is 35.0 Å². The van der Waals surface area contributed by atoms with E-state index in [0.29, 0.717) is 31.0 Å². The molecule has 0 saturated carbocycles. The Balaban J connectivity index is 1.61. The molecule has 13 nitrogen and oxygen atoms in total. The number of fused-ring (bicyclic) bond motifs is 1. The predicted octanol–water partition coefficient (Wildman–Crippen LogP) is 6.30. The lowest BCUT2D eigenvalue weighted by molar-refractivity contribution is -0.394. The first-order valence-electron chi connectivity index (χ1n) is 14.6.